The van der Waals surface area contributed by atoms with Gasteiger partial charge < -0.3 is 9.64 Å². The third kappa shape index (κ3) is 4.41. The van der Waals surface area contributed by atoms with Crippen LogP contribution in [-0.4, -0.2) is 45.8 Å². The molecule has 30 heavy (non-hydrogen) atoms. The average molecular weight is 427 g/mol. The zero-order valence-corrected chi connectivity index (χ0v) is 17.4. The number of halogens is 1. The van der Waals surface area contributed by atoms with Crippen molar-refractivity contribution in [2.24, 2.45) is 0 Å². The van der Waals surface area contributed by atoms with Gasteiger partial charge in [-0.1, -0.05) is 23.7 Å². The van der Waals surface area contributed by atoms with Gasteiger partial charge in [0.15, 0.2) is 0 Å². The van der Waals surface area contributed by atoms with Gasteiger partial charge in [0.2, 0.25) is 5.91 Å². The molecule has 2 aromatic carbocycles. The van der Waals surface area contributed by atoms with Gasteiger partial charge in [0.05, 0.1) is 19.2 Å². The molecule has 1 unspecified atom stereocenters. The quantitative estimate of drug-likeness (QED) is 0.679. The third-order valence-electron chi connectivity index (χ3n) is 5.36. The standard InChI is InChI=1S/C22H23ClN4O3/c1-30-19-9-7-18(8-10-19)27-22(29)24-21(25-27)16-5-3-11-26(14-16)20(28)13-15-4-2-6-17(23)12-15/h2,4,6-10,12,16H,3,5,11,13-14H2,1H3,(H,24,25,29). The fourth-order valence-corrected chi connectivity index (χ4v) is 4.00. The maximum atomic E-state index is 12.8. The highest BCUT2D eigenvalue weighted by Crippen LogP contribution is 2.25. The van der Waals surface area contributed by atoms with E-state index in [0.717, 1.165) is 18.4 Å². The van der Waals surface area contributed by atoms with Crippen LogP contribution in [0.1, 0.15) is 30.1 Å². The molecule has 1 N–H and O–H groups in total. The van der Waals surface area contributed by atoms with Crippen LogP contribution >= 0.6 is 11.6 Å². The monoisotopic (exact) mass is 426 g/mol. The number of nitrogens with one attached hydrogen (secondary N) is 1. The molecule has 0 bridgehead atoms. The average Bonchev–Trinajstić information content (AvgIpc) is 3.15. The van der Waals surface area contributed by atoms with Crippen molar-refractivity contribution in [3.63, 3.8) is 0 Å². The van der Waals surface area contributed by atoms with E-state index in [1.807, 2.05) is 23.1 Å². The van der Waals surface area contributed by atoms with Crippen molar-refractivity contribution in [3.05, 3.63) is 75.4 Å². The molecule has 7 nitrogen and oxygen atoms in total. The van der Waals surface area contributed by atoms with Gasteiger partial charge >= 0.3 is 5.69 Å². The first-order valence-corrected chi connectivity index (χ1v) is 10.3. The van der Waals surface area contributed by atoms with E-state index in [1.54, 1.807) is 37.4 Å². The summed E-state index contributed by atoms with van der Waals surface area (Å²) in [6.07, 6.45) is 2.05. The third-order valence-corrected chi connectivity index (χ3v) is 5.59. The van der Waals surface area contributed by atoms with Crippen LogP contribution in [0.15, 0.2) is 53.3 Å². The summed E-state index contributed by atoms with van der Waals surface area (Å²) in [6, 6.07) is 14.5. The zero-order chi connectivity index (χ0) is 21.1. The number of hydrogen-bond donors (Lipinski definition) is 1. The summed E-state index contributed by atoms with van der Waals surface area (Å²) in [5, 5.41) is 5.12. The Bertz CT molecular complexity index is 1090. The summed E-state index contributed by atoms with van der Waals surface area (Å²) in [7, 11) is 1.59. The molecule has 1 amide bonds. The number of aromatic amines is 1. The maximum absolute atomic E-state index is 12.8. The van der Waals surface area contributed by atoms with E-state index in [-0.39, 0.29) is 17.5 Å². The molecule has 0 aliphatic carbocycles. The van der Waals surface area contributed by atoms with Crippen LogP contribution in [0.25, 0.3) is 5.69 Å². The van der Waals surface area contributed by atoms with E-state index in [9.17, 15) is 9.59 Å². The predicted molar refractivity (Wildman–Crippen MR) is 114 cm³/mol. The molecule has 2 heterocycles. The van der Waals surface area contributed by atoms with Crippen molar-refractivity contribution in [2.45, 2.75) is 25.2 Å². The molecule has 3 aromatic rings. The largest absolute Gasteiger partial charge is 0.497 e. The summed E-state index contributed by atoms with van der Waals surface area (Å²) in [5.74, 6) is 1.37. The maximum Gasteiger partial charge on any atom is 0.348 e. The number of piperidine rings is 1. The van der Waals surface area contributed by atoms with E-state index in [1.165, 1.54) is 4.68 Å². The number of carbonyl (C=O) groups is 1. The Hall–Kier alpha value is -3.06. The van der Waals surface area contributed by atoms with E-state index >= 15 is 0 Å². The first-order chi connectivity index (χ1) is 14.5. The van der Waals surface area contributed by atoms with Crippen molar-refractivity contribution in [3.8, 4) is 11.4 Å². The van der Waals surface area contributed by atoms with Crippen LogP contribution in [0.2, 0.25) is 5.02 Å². The minimum Gasteiger partial charge on any atom is -0.497 e. The van der Waals surface area contributed by atoms with Crippen LogP contribution in [0.3, 0.4) is 0 Å². The summed E-state index contributed by atoms with van der Waals surface area (Å²) in [4.78, 5) is 29.9. The molecule has 0 saturated carbocycles. The lowest BCUT2D eigenvalue weighted by Crippen LogP contribution is -2.40. The zero-order valence-electron chi connectivity index (χ0n) is 16.7. The Morgan fingerprint density at radius 1 is 1.27 bits per heavy atom. The number of hydrogen-bond acceptors (Lipinski definition) is 4. The minimum absolute atomic E-state index is 0.00532. The van der Waals surface area contributed by atoms with Crippen molar-refractivity contribution < 1.29 is 9.53 Å². The van der Waals surface area contributed by atoms with Crippen molar-refractivity contribution >= 4 is 17.5 Å². The van der Waals surface area contributed by atoms with E-state index < -0.39 is 0 Å². The van der Waals surface area contributed by atoms with Gasteiger partial charge in [0.1, 0.15) is 11.6 Å². The molecule has 8 heteroatoms. The Balaban J connectivity index is 1.48. The Morgan fingerprint density at radius 3 is 2.80 bits per heavy atom. The number of ether oxygens (including phenoxy) is 1. The van der Waals surface area contributed by atoms with Gasteiger partial charge in [-0.05, 0) is 54.8 Å². The highest BCUT2D eigenvalue weighted by molar-refractivity contribution is 6.30. The summed E-state index contributed by atoms with van der Waals surface area (Å²) < 4.78 is 6.51. The Labute approximate surface area is 179 Å². The lowest BCUT2D eigenvalue weighted by atomic mass is 9.97. The highest BCUT2D eigenvalue weighted by atomic mass is 35.5. The molecule has 0 radical (unpaired) electrons. The summed E-state index contributed by atoms with van der Waals surface area (Å²) >= 11 is 6.03. The van der Waals surface area contributed by atoms with Crippen LogP contribution in [0.5, 0.6) is 5.75 Å². The van der Waals surface area contributed by atoms with Gasteiger partial charge in [-0.25, -0.2) is 4.79 Å². The minimum atomic E-state index is -0.294. The second kappa shape index (κ2) is 8.75. The lowest BCUT2D eigenvalue weighted by molar-refractivity contribution is -0.131. The smallest absolute Gasteiger partial charge is 0.348 e. The molecular formula is C22H23ClN4O3. The number of amides is 1. The highest BCUT2D eigenvalue weighted by Gasteiger charge is 2.27. The number of methoxy groups -OCH3 is 1. The van der Waals surface area contributed by atoms with Crippen LogP contribution < -0.4 is 10.4 Å². The number of H-pyrrole nitrogens is 1. The SMILES string of the molecule is COc1ccc(-n2nc(C3CCCN(C(=O)Cc4cccc(Cl)c4)C3)[nH]c2=O)cc1. The normalized spacial score (nSPS) is 16.5. The number of aromatic nitrogens is 3. The van der Waals surface area contributed by atoms with Crippen LogP contribution in [0, 0.1) is 0 Å². The van der Waals surface area contributed by atoms with Gasteiger partial charge in [-0.2, -0.15) is 4.68 Å². The van der Waals surface area contributed by atoms with Gasteiger partial charge in [0, 0.05) is 24.0 Å². The van der Waals surface area contributed by atoms with E-state index in [0.29, 0.717) is 41.8 Å². The summed E-state index contributed by atoms with van der Waals surface area (Å²) in [6.45, 7) is 1.24. The molecular weight excluding hydrogens is 404 g/mol. The first-order valence-electron chi connectivity index (χ1n) is 9.89. The topological polar surface area (TPSA) is 80.2 Å². The molecule has 1 aliphatic heterocycles. The Morgan fingerprint density at radius 2 is 2.07 bits per heavy atom. The molecule has 1 atom stereocenters. The first kappa shape index (κ1) is 20.2. The molecule has 4 rings (SSSR count). The molecule has 1 aromatic heterocycles. The van der Waals surface area contributed by atoms with E-state index in [4.69, 9.17) is 16.3 Å². The van der Waals surface area contributed by atoms with Crippen molar-refractivity contribution in [1.82, 2.24) is 19.7 Å². The number of benzene rings is 2. The number of carbonyl (C=O) groups excluding carboxylic acids is 1. The fourth-order valence-electron chi connectivity index (χ4n) is 3.78. The number of rotatable bonds is 5. The Kier molecular flexibility index (Phi) is 5.90. The van der Waals surface area contributed by atoms with Crippen LogP contribution in [-0.2, 0) is 11.2 Å². The second-order valence-corrected chi connectivity index (χ2v) is 7.85. The summed E-state index contributed by atoms with van der Waals surface area (Å²) in [5.41, 5.74) is 1.26. The van der Waals surface area contributed by atoms with Gasteiger partial charge in [-0.15, -0.1) is 5.10 Å². The molecule has 1 fully saturated rings. The molecule has 156 valence electrons. The van der Waals surface area contributed by atoms with E-state index in [2.05, 4.69) is 10.1 Å². The lowest BCUT2D eigenvalue weighted by Gasteiger charge is -2.31. The predicted octanol–water partition coefficient (Wildman–Crippen LogP) is 3.17. The van der Waals surface area contributed by atoms with Crippen molar-refractivity contribution in [1.29, 1.82) is 0 Å². The molecule has 0 spiro atoms. The van der Waals surface area contributed by atoms with Gasteiger partial charge in [0.25, 0.3) is 0 Å². The number of nitrogens with zero attached hydrogens (tertiary/aromatic N) is 3. The molecule has 1 aliphatic rings. The van der Waals surface area contributed by atoms with Crippen molar-refractivity contribution in [2.75, 3.05) is 20.2 Å². The molecule has 1 saturated heterocycles. The fraction of sp³-hybridized carbons (Fsp3) is 0.318. The number of likely N-dealkylation sites (tertiary alicyclic amines) is 1. The van der Waals surface area contributed by atoms with Crippen LogP contribution in [0.4, 0.5) is 0 Å². The second-order valence-electron chi connectivity index (χ2n) is 7.41. The van der Waals surface area contributed by atoms with Gasteiger partial charge in [-0.3, -0.25) is 9.78 Å².